The van der Waals surface area contributed by atoms with E-state index in [0.717, 1.165) is 36.1 Å². The molecule has 0 fully saturated rings. The van der Waals surface area contributed by atoms with Gasteiger partial charge in [-0.1, -0.05) is 24.6 Å². The number of amides is 2. The van der Waals surface area contributed by atoms with Crippen molar-refractivity contribution < 1.29 is 9.59 Å². The molecule has 0 bridgehead atoms. The van der Waals surface area contributed by atoms with E-state index in [0.29, 0.717) is 17.7 Å². The van der Waals surface area contributed by atoms with Crippen molar-refractivity contribution in [2.24, 2.45) is 0 Å². The summed E-state index contributed by atoms with van der Waals surface area (Å²) in [5, 5.41) is 3.00. The highest BCUT2D eigenvalue weighted by molar-refractivity contribution is 6.07. The van der Waals surface area contributed by atoms with Crippen molar-refractivity contribution >= 4 is 17.5 Å². The summed E-state index contributed by atoms with van der Waals surface area (Å²) in [4.78, 5) is 27.2. The molecule has 0 saturated heterocycles. The van der Waals surface area contributed by atoms with E-state index in [4.69, 9.17) is 0 Å². The van der Waals surface area contributed by atoms with Gasteiger partial charge in [0.15, 0.2) is 0 Å². The van der Waals surface area contributed by atoms with Crippen molar-refractivity contribution in [2.45, 2.75) is 46.1 Å². The van der Waals surface area contributed by atoms with Gasteiger partial charge in [-0.05, 0) is 69.0 Å². The van der Waals surface area contributed by atoms with Crippen LogP contribution in [0.25, 0.3) is 0 Å². The van der Waals surface area contributed by atoms with E-state index in [-0.39, 0.29) is 17.9 Å². The minimum atomic E-state index is -0.0516. The predicted octanol–water partition coefficient (Wildman–Crippen LogP) is 4.12. The Morgan fingerprint density at radius 2 is 1.96 bits per heavy atom. The quantitative estimate of drug-likeness (QED) is 0.902. The van der Waals surface area contributed by atoms with Gasteiger partial charge >= 0.3 is 0 Å². The molecular weight excluding hydrogens is 324 g/mol. The fourth-order valence-electron chi connectivity index (χ4n) is 3.29. The number of nitrogens with one attached hydrogen (secondary N) is 1. The lowest BCUT2D eigenvalue weighted by molar-refractivity contribution is 0.0938. The smallest absolute Gasteiger partial charge is 0.258 e. The van der Waals surface area contributed by atoms with Crippen molar-refractivity contribution in [1.82, 2.24) is 5.32 Å². The van der Waals surface area contributed by atoms with Crippen molar-refractivity contribution in [2.75, 3.05) is 11.4 Å². The van der Waals surface area contributed by atoms with Crippen molar-refractivity contribution in [3.05, 3.63) is 64.7 Å². The van der Waals surface area contributed by atoms with Crippen LogP contribution in [0.3, 0.4) is 0 Å². The molecule has 0 aromatic heterocycles. The Kier molecular flexibility index (Phi) is 5.40. The van der Waals surface area contributed by atoms with Gasteiger partial charge in [0.05, 0.1) is 0 Å². The molecule has 26 heavy (non-hydrogen) atoms. The highest BCUT2D eigenvalue weighted by Crippen LogP contribution is 2.29. The first-order valence-electron chi connectivity index (χ1n) is 9.32. The monoisotopic (exact) mass is 350 g/mol. The summed E-state index contributed by atoms with van der Waals surface area (Å²) in [6, 6.07) is 13.5. The molecule has 2 aromatic carbocycles. The molecule has 3 rings (SSSR count). The minimum Gasteiger partial charge on any atom is -0.350 e. The van der Waals surface area contributed by atoms with Gasteiger partial charge in [0.2, 0.25) is 0 Å². The van der Waals surface area contributed by atoms with Crippen LogP contribution in [0.2, 0.25) is 0 Å². The molecular formula is C22H26N2O2. The number of nitrogens with zero attached hydrogens (tertiary/aromatic N) is 1. The predicted molar refractivity (Wildman–Crippen MR) is 105 cm³/mol. The first-order chi connectivity index (χ1) is 12.5. The van der Waals surface area contributed by atoms with E-state index in [9.17, 15) is 9.59 Å². The summed E-state index contributed by atoms with van der Waals surface area (Å²) in [6.07, 6.45) is 2.69. The molecule has 1 heterocycles. The van der Waals surface area contributed by atoms with Gasteiger partial charge in [-0.3, -0.25) is 9.59 Å². The van der Waals surface area contributed by atoms with Crippen LogP contribution in [0.4, 0.5) is 5.69 Å². The maximum Gasteiger partial charge on any atom is 0.258 e. The molecule has 0 radical (unpaired) electrons. The first kappa shape index (κ1) is 18.2. The van der Waals surface area contributed by atoms with Gasteiger partial charge in [-0.2, -0.15) is 0 Å². The third-order valence-corrected chi connectivity index (χ3v) is 4.96. The zero-order chi connectivity index (χ0) is 18.7. The maximum absolute atomic E-state index is 13.0. The minimum absolute atomic E-state index is 0.0199. The van der Waals surface area contributed by atoms with Crippen LogP contribution in [0.15, 0.2) is 42.5 Å². The fraction of sp³-hybridized carbons (Fsp3) is 0.364. The molecule has 1 aliphatic heterocycles. The highest BCUT2D eigenvalue weighted by Gasteiger charge is 2.24. The average molecular weight is 350 g/mol. The molecule has 4 nitrogen and oxygen atoms in total. The molecule has 4 heteroatoms. The molecule has 136 valence electrons. The Hall–Kier alpha value is -2.62. The number of benzene rings is 2. The SMILES string of the molecule is CC[C@@H](C)NC(=O)c1ccc2c(c1)CCCN2C(=O)c1cccc(C)c1. The summed E-state index contributed by atoms with van der Waals surface area (Å²) in [5.74, 6) is -0.0317. The first-order valence-corrected chi connectivity index (χ1v) is 9.32. The summed E-state index contributed by atoms with van der Waals surface area (Å²) >= 11 is 0. The van der Waals surface area contributed by atoms with Crippen LogP contribution in [0.5, 0.6) is 0 Å². The number of fused-ring (bicyclic) bond motifs is 1. The van der Waals surface area contributed by atoms with E-state index >= 15 is 0 Å². The summed E-state index contributed by atoms with van der Waals surface area (Å²) < 4.78 is 0. The Balaban J connectivity index is 1.86. The molecule has 2 aromatic rings. The second kappa shape index (κ2) is 7.73. The van der Waals surface area contributed by atoms with Crippen LogP contribution in [0, 0.1) is 6.92 Å². The van der Waals surface area contributed by atoms with E-state index in [1.54, 1.807) is 0 Å². The molecule has 2 amide bonds. The average Bonchev–Trinajstić information content (AvgIpc) is 2.66. The van der Waals surface area contributed by atoms with E-state index in [1.807, 2.05) is 68.1 Å². The Morgan fingerprint density at radius 1 is 1.15 bits per heavy atom. The summed E-state index contributed by atoms with van der Waals surface area (Å²) in [5.41, 5.74) is 4.42. The number of hydrogen-bond donors (Lipinski definition) is 1. The topological polar surface area (TPSA) is 49.4 Å². The molecule has 1 atom stereocenters. The molecule has 0 unspecified atom stereocenters. The third-order valence-electron chi connectivity index (χ3n) is 4.96. The van der Waals surface area contributed by atoms with Crippen LogP contribution in [0.1, 0.15) is 58.5 Å². The normalized spacial score (nSPS) is 14.5. The number of carbonyl (C=O) groups is 2. The van der Waals surface area contributed by atoms with E-state index in [2.05, 4.69) is 5.32 Å². The van der Waals surface area contributed by atoms with E-state index in [1.165, 1.54) is 0 Å². The second-order valence-electron chi connectivity index (χ2n) is 7.06. The van der Waals surface area contributed by atoms with Gasteiger partial charge in [-0.25, -0.2) is 0 Å². The Morgan fingerprint density at radius 3 is 2.69 bits per heavy atom. The Bertz CT molecular complexity index is 829. The number of carbonyl (C=O) groups excluding carboxylic acids is 2. The van der Waals surface area contributed by atoms with Crippen molar-refractivity contribution in [1.29, 1.82) is 0 Å². The van der Waals surface area contributed by atoms with Gasteiger partial charge in [0, 0.05) is 29.4 Å². The maximum atomic E-state index is 13.0. The largest absolute Gasteiger partial charge is 0.350 e. The van der Waals surface area contributed by atoms with E-state index < -0.39 is 0 Å². The number of anilines is 1. The molecule has 1 aliphatic rings. The van der Waals surface area contributed by atoms with Crippen LogP contribution < -0.4 is 10.2 Å². The van der Waals surface area contributed by atoms with Crippen molar-refractivity contribution in [3.8, 4) is 0 Å². The molecule has 0 spiro atoms. The van der Waals surface area contributed by atoms with Gasteiger partial charge in [-0.15, -0.1) is 0 Å². The highest BCUT2D eigenvalue weighted by atomic mass is 16.2. The standard InChI is InChI=1S/C22H26N2O2/c1-4-16(3)23-21(25)18-10-11-20-17(14-18)9-6-12-24(20)22(26)19-8-5-7-15(2)13-19/h5,7-8,10-11,13-14,16H,4,6,9,12H2,1-3H3,(H,23,25)/t16-/m1/s1. The zero-order valence-electron chi connectivity index (χ0n) is 15.7. The molecule has 0 saturated carbocycles. The van der Waals surface area contributed by atoms with Gasteiger partial charge in [0.25, 0.3) is 11.8 Å². The van der Waals surface area contributed by atoms with Gasteiger partial charge in [0.1, 0.15) is 0 Å². The third kappa shape index (κ3) is 3.79. The Labute approximate surface area is 155 Å². The zero-order valence-corrected chi connectivity index (χ0v) is 15.7. The van der Waals surface area contributed by atoms with Crippen LogP contribution in [-0.4, -0.2) is 24.4 Å². The van der Waals surface area contributed by atoms with Crippen LogP contribution >= 0.6 is 0 Å². The van der Waals surface area contributed by atoms with Crippen molar-refractivity contribution in [3.63, 3.8) is 0 Å². The number of aryl methyl sites for hydroxylation is 2. The molecule has 0 aliphatic carbocycles. The van der Waals surface area contributed by atoms with Crippen LogP contribution in [-0.2, 0) is 6.42 Å². The second-order valence-corrected chi connectivity index (χ2v) is 7.06. The summed E-state index contributed by atoms with van der Waals surface area (Å²) in [6.45, 7) is 6.74. The molecule has 1 N–H and O–H groups in total. The lowest BCUT2D eigenvalue weighted by Crippen LogP contribution is -2.36. The lowest BCUT2D eigenvalue weighted by atomic mass is 9.97. The fourth-order valence-corrected chi connectivity index (χ4v) is 3.29. The number of rotatable bonds is 4. The van der Waals surface area contributed by atoms with Gasteiger partial charge < -0.3 is 10.2 Å². The lowest BCUT2D eigenvalue weighted by Gasteiger charge is -2.30. The summed E-state index contributed by atoms with van der Waals surface area (Å²) in [7, 11) is 0. The number of hydrogen-bond acceptors (Lipinski definition) is 2.